The summed E-state index contributed by atoms with van der Waals surface area (Å²) in [6.07, 6.45) is 0. The maximum atomic E-state index is 10.8. The molecule has 0 unspecified atom stereocenters. The number of fused-ring (bicyclic) bond motifs is 1. The molecule has 56 valence electrons. The number of H-pyrrole nitrogens is 3. The molecule has 0 saturated carbocycles. The van der Waals surface area contributed by atoms with Gasteiger partial charge in [-0.05, 0) is 0 Å². The van der Waals surface area contributed by atoms with Crippen molar-refractivity contribution in [3.05, 3.63) is 20.8 Å². The number of rotatable bonds is 0. The Morgan fingerprint density at radius 3 is 2.82 bits per heavy atom. The molecule has 7 nitrogen and oxygen atoms in total. The molecular weight excluding hydrogens is 150 g/mol. The predicted octanol–water partition coefficient (Wildman–Crippen LogP) is -1.67. The Hall–Kier alpha value is -1.92. The van der Waals surface area contributed by atoms with Gasteiger partial charge in [0.25, 0.3) is 5.56 Å². The fourth-order valence-corrected chi connectivity index (χ4v) is 0.757. The van der Waals surface area contributed by atoms with Gasteiger partial charge in [0.05, 0.1) is 0 Å². The van der Waals surface area contributed by atoms with Crippen molar-refractivity contribution in [2.75, 3.05) is 0 Å². The minimum absolute atomic E-state index is 0.101. The second-order valence-electron chi connectivity index (χ2n) is 1.92. The summed E-state index contributed by atoms with van der Waals surface area (Å²) in [7, 11) is 0. The normalized spacial score (nSPS) is 10.5. The summed E-state index contributed by atoms with van der Waals surface area (Å²) in [5.41, 5.74) is -0.722. The van der Waals surface area contributed by atoms with E-state index in [0.29, 0.717) is 0 Å². The number of nitrogens with one attached hydrogen (secondary N) is 3. The number of aromatic amines is 3. The van der Waals surface area contributed by atoms with Crippen LogP contribution in [0.4, 0.5) is 0 Å². The van der Waals surface area contributed by atoms with E-state index in [1.807, 2.05) is 5.10 Å². The van der Waals surface area contributed by atoms with Crippen molar-refractivity contribution >= 4 is 11.2 Å². The van der Waals surface area contributed by atoms with Crippen molar-refractivity contribution in [2.24, 2.45) is 0 Å². The Morgan fingerprint density at radius 2 is 2.00 bits per heavy atom. The number of hydrogen-bond acceptors (Lipinski definition) is 4. The van der Waals surface area contributed by atoms with Gasteiger partial charge >= 0.3 is 5.69 Å². The first-order valence-electron chi connectivity index (χ1n) is 2.80. The summed E-state index contributed by atoms with van der Waals surface area (Å²) >= 11 is 0. The second kappa shape index (κ2) is 1.78. The van der Waals surface area contributed by atoms with Gasteiger partial charge in [0, 0.05) is 0 Å². The van der Waals surface area contributed by atoms with Crippen molar-refractivity contribution < 1.29 is 0 Å². The average Bonchev–Trinajstić information content (AvgIpc) is 2.32. The van der Waals surface area contributed by atoms with Crippen LogP contribution in [0.3, 0.4) is 0 Å². The third-order valence-electron chi connectivity index (χ3n) is 1.21. The van der Waals surface area contributed by atoms with Crippen molar-refractivity contribution in [1.82, 2.24) is 25.4 Å². The molecule has 0 radical (unpaired) electrons. The molecule has 0 aliphatic heterocycles. The van der Waals surface area contributed by atoms with E-state index in [0.717, 1.165) is 0 Å². The Morgan fingerprint density at radius 1 is 1.18 bits per heavy atom. The molecule has 3 N–H and O–H groups in total. The first-order valence-corrected chi connectivity index (χ1v) is 2.80. The maximum Gasteiger partial charge on any atom is 0.363 e. The van der Waals surface area contributed by atoms with Gasteiger partial charge in [0.1, 0.15) is 0 Å². The smallest absolute Gasteiger partial charge is 0.279 e. The van der Waals surface area contributed by atoms with E-state index >= 15 is 0 Å². The van der Waals surface area contributed by atoms with Gasteiger partial charge in [-0.25, -0.2) is 9.89 Å². The molecule has 0 aliphatic rings. The van der Waals surface area contributed by atoms with Gasteiger partial charge in [-0.1, -0.05) is 0 Å². The fraction of sp³-hybridized carbons (Fsp3) is 0. The molecule has 2 rings (SSSR count). The first kappa shape index (κ1) is 5.83. The van der Waals surface area contributed by atoms with Crippen LogP contribution >= 0.6 is 0 Å². The summed E-state index contributed by atoms with van der Waals surface area (Å²) in [5.74, 6) is 0. The summed E-state index contributed by atoms with van der Waals surface area (Å²) in [4.78, 5) is 24.7. The van der Waals surface area contributed by atoms with E-state index < -0.39 is 11.2 Å². The van der Waals surface area contributed by atoms with Crippen LogP contribution in [0.25, 0.3) is 11.2 Å². The standard InChI is InChI=1S/C4H3N5O2/c10-3-1-2(7-8-3)5-4(11)9-6-1/h(H3,5,7,8,9,10,11). The van der Waals surface area contributed by atoms with Crippen molar-refractivity contribution in [3.8, 4) is 0 Å². The Kier molecular flexibility index (Phi) is 0.945. The zero-order valence-corrected chi connectivity index (χ0v) is 5.21. The minimum atomic E-state index is -0.590. The summed E-state index contributed by atoms with van der Waals surface area (Å²) < 4.78 is 0. The molecule has 0 amide bonds. The van der Waals surface area contributed by atoms with Gasteiger partial charge in [0.15, 0.2) is 11.2 Å². The number of nitrogens with zero attached hydrogens (tertiary/aromatic N) is 2. The molecule has 0 spiro atoms. The summed E-state index contributed by atoms with van der Waals surface area (Å²) in [5, 5.41) is 10.1. The van der Waals surface area contributed by atoms with Crippen LogP contribution in [0.1, 0.15) is 0 Å². The van der Waals surface area contributed by atoms with Crippen LogP contribution in [-0.4, -0.2) is 25.4 Å². The summed E-state index contributed by atoms with van der Waals surface area (Å²) in [6.45, 7) is 0. The van der Waals surface area contributed by atoms with Crippen LogP contribution in [0.15, 0.2) is 9.59 Å². The molecule has 0 bridgehead atoms. The largest absolute Gasteiger partial charge is 0.363 e. The van der Waals surface area contributed by atoms with Gasteiger partial charge in [-0.2, -0.15) is 10.1 Å². The predicted molar refractivity (Wildman–Crippen MR) is 35.1 cm³/mol. The Balaban J connectivity index is 3.08. The fourth-order valence-electron chi connectivity index (χ4n) is 0.757. The summed E-state index contributed by atoms with van der Waals surface area (Å²) in [6, 6.07) is 0. The molecule has 0 saturated heterocycles. The Bertz CT molecular complexity index is 491. The highest BCUT2D eigenvalue weighted by atomic mass is 16.1. The molecule has 2 heterocycles. The highest BCUT2D eigenvalue weighted by molar-refractivity contribution is 5.66. The van der Waals surface area contributed by atoms with Crippen molar-refractivity contribution in [3.63, 3.8) is 0 Å². The molecular formula is C4H3N5O2. The molecule has 2 aromatic rings. The third kappa shape index (κ3) is 0.741. The number of aromatic nitrogens is 5. The van der Waals surface area contributed by atoms with Crippen molar-refractivity contribution in [1.29, 1.82) is 0 Å². The van der Waals surface area contributed by atoms with E-state index in [9.17, 15) is 9.59 Å². The number of hydrogen-bond donors (Lipinski definition) is 3. The lowest BCUT2D eigenvalue weighted by Gasteiger charge is -1.80. The highest BCUT2D eigenvalue weighted by Gasteiger charge is 2.01. The quantitative estimate of drug-likeness (QED) is 0.420. The lowest BCUT2D eigenvalue weighted by Crippen LogP contribution is -2.13. The monoisotopic (exact) mass is 153 g/mol. The zero-order chi connectivity index (χ0) is 7.84. The molecule has 11 heavy (non-hydrogen) atoms. The SMILES string of the molecule is O=c1nc2[nH][nH]c(=O)c2n[nH]1. The first-order chi connectivity index (χ1) is 5.27. The van der Waals surface area contributed by atoms with E-state index in [2.05, 4.69) is 20.3 Å². The third-order valence-corrected chi connectivity index (χ3v) is 1.21. The van der Waals surface area contributed by atoms with Crippen LogP contribution in [0, 0.1) is 0 Å². The van der Waals surface area contributed by atoms with E-state index in [1.165, 1.54) is 0 Å². The van der Waals surface area contributed by atoms with Crippen LogP contribution in [0.2, 0.25) is 0 Å². The van der Waals surface area contributed by atoms with E-state index in [1.54, 1.807) is 0 Å². The molecule has 0 fully saturated rings. The Labute approximate surface area is 58.5 Å². The van der Waals surface area contributed by atoms with Gasteiger partial charge in [-0.15, -0.1) is 0 Å². The second-order valence-corrected chi connectivity index (χ2v) is 1.92. The van der Waals surface area contributed by atoms with Gasteiger partial charge in [0.2, 0.25) is 0 Å². The highest BCUT2D eigenvalue weighted by Crippen LogP contribution is 1.89. The average molecular weight is 153 g/mol. The minimum Gasteiger partial charge on any atom is -0.279 e. The lowest BCUT2D eigenvalue weighted by molar-refractivity contribution is 0.955. The molecule has 0 aromatic carbocycles. The van der Waals surface area contributed by atoms with E-state index in [-0.39, 0.29) is 11.2 Å². The topological polar surface area (TPSA) is 107 Å². The molecule has 2 aromatic heterocycles. The van der Waals surface area contributed by atoms with Gasteiger partial charge in [-0.3, -0.25) is 15.0 Å². The zero-order valence-electron chi connectivity index (χ0n) is 5.21. The molecule has 0 atom stereocenters. The molecule has 0 aliphatic carbocycles. The maximum absolute atomic E-state index is 10.8. The van der Waals surface area contributed by atoms with Gasteiger partial charge < -0.3 is 0 Å². The van der Waals surface area contributed by atoms with E-state index in [4.69, 9.17) is 0 Å². The van der Waals surface area contributed by atoms with Crippen molar-refractivity contribution in [2.45, 2.75) is 0 Å². The van der Waals surface area contributed by atoms with Crippen LogP contribution < -0.4 is 11.2 Å². The van der Waals surface area contributed by atoms with Crippen LogP contribution in [0.5, 0.6) is 0 Å². The van der Waals surface area contributed by atoms with Crippen LogP contribution in [-0.2, 0) is 0 Å². The lowest BCUT2D eigenvalue weighted by atomic mass is 10.6. The molecule has 7 heteroatoms.